The normalized spacial score (nSPS) is 13.8. The van der Waals surface area contributed by atoms with Crippen molar-refractivity contribution in [3.05, 3.63) is 157 Å². The van der Waals surface area contributed by atoms with Gasteiger partial charge in [0.05, 0.1) is 0 Å². The largest absolute Gasteiger partial charge is 0.456 e. The van der Waals surface area contributed by atoms with E-state index in [1.165, 1.54) is 82.4 Å². The predicted octanol–water partition coefficient (Wildman–Crippen LogP) is 12.6. The van der Waals surface area contributed by atoms with Crippen molar-refractivity contribution in [2.45, 2.75) is 19.3 Å². The minimum absolute atomic E-state index is 0.155. The molecule has 1 aliphatic heterocycles. The molecule has 0 atom stereocenters. The van der Waals surface area contributed by atoms with Crippen LogP contribution in [0.3, 0.4) is 0 Å². The Balaban J connectivity index is 1.24. The van der Waals surface area contributed by atoms with E-state index in [0.29, 0.717) is 0 Å². The number of rotatable bonds is 2. The molecule has 0 spiro atoms. The van der Waals surface area contributed by atoms with E-state index in [2.05, 4.69) is 159 Å². The molecule has 10 rings (SSSR count). The van der Waals surface area contributed by atoms with Gasteiger partial charge in [-0.05, 0) is 126 Å². The van der Waals surface area contributed by atoms with Crippen molar-refractivity contribution in [1.82, 2.24) is 0 Å². The Kier molecular flexibility index (Phi) is 5.12. The molecule has 8 aromatic rings. The van der Waals surface area contributed by atoms with Crippen molar-refractivity contribution in [2.75, 3.05) is 0 Å². The minimum Gasteiger partial charge on any atom is -0.456 e. The fraction of sp³-hybridized carbons (Fsp3) is 0.0667. The molecule has 216 valence electrons. The van der Waals surface area contributed by atoms with Gasteiger partial charge in [0.2, 0.25) is 0 Å². The molecule has 2 aliphatic rings. The molecule has 0 aromatic heterocycles. The SMILES string of the molecule is CC1(C)c2cc3ccccc3cc2-c2c(-c3ccc4ccccc4c3)cc(-c3ccc4c(c3)-c3cccc5cccc(c35)O4)cc21. The fourth-order valence-corrected chi connectivity index (χ4v) is 8.03. The van der Waals surface area contributed by atoms with Crippen molar-refractivity contribution in [1.29, 1.82) is 0 Å². The second-order valence-corrected chi connectivity index (χ2v) is 13.4. The summed E-state index contributed by atoms with van der Waals surface area (Å²) in [4.78, 5) is 0. The first-order valence-corrected chi connectivity index (χ1v) is 16.1. The Labute approximate surface area is 268 Å². The molecule has 1 aliphatic carbocycles. The summed E-state index contributed by atoms with van der Waals surface area (Å²) in [6, 6.07) is 53.6. The molecule has 1 nitrogen and oxygen atoms in total. The van der Waals surface area contributed by atoms with E-state index in [1.54, 1.807) is 0 Å². The topological polar surface area (TPSA) is 9.23 Å². The van der Waals surface area contributed by atoms with Gasteiger partial charge in [-0.2, -0.15) is 0 Å². The van der Waals surface area contributed by atoms with Crippen LogP contribution < -0.4 is 4.74 Å². The summed E-state index contributed by atoms with van der Waals surface area (Å²) >= 11 is 0. The molecule has 1 heteroatoms. The van der Waals surface area contributed by atoms with Crippen LogP contribution in [0.2, 0.25) is 0 Å². The van der Waals surface area contributed by atoms with Gasteiger partial charge in [0.1, 0.15) is 11.5 Å². The number of fused-ring (bicyclic) bond motifs is 7. The number of ether oxygens (including phenoxy) is 1. The van der Waals surface area contributed by atoms with Crippen molar-refractivity contribution < 1.29 is 4.74 Å². The van der Waals surface area contributed by atoms with E-state index < -0.39 is 0 Å². The smallest absolute Gasteiger partial charge is 0.135 e. The maximum atomic E-state index is 6.46. The lowest BCUT2D eigenvalue weighted by Gasteiger charge is -2.24. The van der Waals surface area contributed by atoms with E-state index in [-0.39, 0.29) is 5.41 Å². The predicted molar refractivity (Wildman–Crippen MR) is 193 cm³/mol. The van der Waals surface area contributed by atoms with Crippen LogP contribution in [0, 0.1) is 0 Å². The molecular formula is C45H30O. The van der Waals surface area contributed by atoms with Crippen LogP contribution in [-0.2, 0) is 5.41 Å². The second-order valence-electron chi connectivity index (χ2n) is 13.4. The van der Waals surface area contributed by atoms with Crippen LogP contribution in [0.25, 0.3) is 76.8 Å². The standard InChI is InChI=1S/C45H30O/c1-45(2)39-25-31-12-6-5-11-30(31)23-38(39)44-36(33-18-17-27-9-3-4-10-29(27)21-33)24-34(26-40(44)45)32-19-20-41-37(22-32)35-15-7-13-28-14-8-16-42(46-41)43(28)35/h3-26H,1-2H3. The van der Waals surface area contributed by atoms with Crippen LogP contribution in [-0.4, -0.2) is 0 Å². The molecule has 0 bridgehead atoms. The highest BCUT2D eigenvalue weighted by Crippen LogP contribution is 2.55. The van der Waals surface area contributed by atoms with Crippen LogP contribution >= 0.6 is 0 Å². The Bertz CT molecular complexity index is 2580. The van der Waals surface area contributed by atoms with Crippen molar-refractivity contribution in [2.24, 2.45) is 0 Å². The highest BCUT2D eigenvalue weighted by atomic mass is 16.5. The van der Waals surface area contributed by atoms with E-state index in [1.807, 2.05) is 0 Å². The highest BCUT2D eigenvalue weighted by Gasteiger charge is 2.38. The van der Waals surface area contributed by atoms with Crippen molar-refractivity contribution in [3.63, 3.8) is 0 Å². The third kappa shape index (κ3) is 3.57. The number of hydrogen-bond acceptors (Lipinski definition) is 1. The van der Waals surface area contributed by atoms with Crippen LogP contribution in [0.4, 0.5) is 0 Å². The van der Waals surface area contributed by atoms with Gasteiger partial charge in [0, 0.05) is 16.4 Å². The second kappa shape index (κ2) is 9.19. The average Bonchev–Trinajstić information content (AvgIpc) is 3.32. The van der Waals surface area contributed by atoms with Crippen LogP contribution in [0.1, 0.15) is 25.0 Å². The van der Waals surface area contributed by atoms with Gasteiger partial charge < -0.3 is 4.74 Å². The first kappa shape index (κ1) is 25.6. The molecule has 0 fully saturated rings. The van der Waals surface area contributed by atoms with Gasteiger partial charge in [0.15, 0.2) is 0 Å². The van der Waals surface area contributed by atoms with Gasteiger partial charge in [-0.25, -0.2) is 0 Å². The number of benzene rings is 8. The zero-order chi connectivity index (χ0) is 30.6. The Morgan fingerprint density at radius 1 is 0.391 bits per heavy atom. The van der Waals surface area contributed by atoms with E-state index in [0.717, 1.165) is 17.1 Å². The fourth-order valence-electron chi connectivity index (χ4n) is 8.03. The Morgan fingerprint density at radius 2 is 1.07 bits per heavy atom. The molecule has 0 unspecified atom stereocenters. The van der Waals surface area contributed by atoms with Gasteiger partial charge in [0.25, 0.3) is 0 Å². The molecular weight excluding hydrogens is 556 g/mol. The summed E-state index contributed by atoms with van der Waals surface area (Å²) in [5.41, 5.74) is 12.6. The lowest BCUT2D eigenvalue weighted by atomic mass is 9.80. The third-order valence-corrected chi connectivity index (χ3v) is 10.4. The van der Waals surface area contributed by atoms with Crippen molar-refractivity contribution >= 4 is 32.3 Å². The lowest BCUT2D eigenvalue weighted by Crippen LogP contribution is -2.15. The summed E-state index contributed by atoms with van der Waals surface area (Å²) in [6.07, 6.45) is 0. The maximum Gasteiger partial charge on any atom is 0.135 e. The Hall–Kier alpha value is -5.66. The summed E-state index contributed by atoms with van der Waals surface area (Å²) < 4.78 is 6.46. The van der Waals surface area contributed by atoms with Crippen molar-refractivity contribution in [3.8, 4) is 56.0 Å². The summed E-state index contributed by atoms with van der Waals surface area (Å²) in [7, 11) is 0. The summed E-state index contributed by atoms with van der Waals surface area (Å²) in [5, 5.41) is 7.47. The van der Waals surface area contributed by atoms with E-state index >= 15 is 0 Å². The summed E-state index contributed by atoms with van der Waals surface area (Å²) in [5.74, 6) is 1.83. The molecule has 46 heavy (non-hydrogen) atoms. The van der Waals surface area contributed by atoms with E-state index in [9.17, 15) is 0 Å². The molecule has 0 amide bonds. The third-order valence-electron chi connectivity index (χ3n) is 10.4. The molecule has 0 saturated heterocycles. The van der Waals surface area contributed by atoms with Crippen LogP contribution in [0.15, 0.2) is 146 Å². The molecule has 0 saturated carbocycles. The van der Waals surface area contributed by atoms with Gasteiger partial charge in [-0.3, -0.25) is 0 Å². The van der Waals surface area contributed by atoms with Gasteiger partial charge in [-0.1, -0.05) is 111 Å². The molecule has 8 aromatic carbocycles. The quantitative estimate of drug-likeness (QED) is 0.196. The first-order valence-electron chi connectivity index (χ1n) is 16.1. The minimum atomic E-state index is -0.155. The molecule has 0 N–H and O–H groups in total. The van der Waals surface area contributed by atoms with E-state index in [4.69, 9.17) is 4.74 Å². The number of hydrogen-bond donors (Lipinski definition) is 0. The van der Waals surface area contributed by atoms with Gasteiger partial charge >= 0.3 is 0 Å². The average molecular weight is 587 g/mol. The molecule has 1 heterocycles. The zero-order valence-corrected chi connectivity index (χ0v) is 25.8. The monoisotopic (exact) mass is 586 g/mol. The maximum absolute atomic E-state index is 6.46. The lowest BCUT2D eigenvalue weighted by molar-refractivity contribution is 0.487. The summed E-state index contributed by atoms with van der Waals surface area (Å²) in [6.45, 7) is 4.78. The van der Waals surface area contributed by atoms with Crippen LogP contribution in [0.5, 0.6) is 11.5 Å². The van der Waals surface area contributed by atoms with Gasteiger partial charge in [-0.15, -0.1) is 0 Å². The highest BCUT2D eigenvalue weighted by molar-refractivity contribution is 6.05. The zero-order valence-electron chi connectivity index (χ0n) is 25.8. The Morgan fingerprint density at radius 3 is 1.89 bits per heavy atom. The first-order chi connectivity index (χ1) is 22.5. The molecule has 0 radical (unpaired) electrons.